The first-order valence-corrected chi connectivity index (χ1v) is 7.29. The highest BCUT2D eigenvalue weighted by atomic mass is 16.2. The molecule has 0 saturated carbocycles. The van der Waals surface area contributed by atoms with Gasteiger partial charge in [-0.05, 0) is 43.7 Å². The molecule has 21 heavy (non-hydrogen) atoms. The summed E-state index contributed by atoms with van der Waals surface area (Å²) in [5.41, 5.74) is 2.89. The fraction of sp³-hybridized carbons (Fsp3) is 0.294. The monoisotopic (exact) mass is 281 g/mol. The second-order valence-corrected chi connectivity index (χ2v) is 5.23. The lowest BCUT2D eigenvalue weighted by Gasteiger charge is -2.24. The standard InChI is InChI=1S/C17H19N3O/c1-18-15-6-4-12-20(16-7-3-2-5-14(15)16)17(21)13-8-10-19-11-9-13/h2-3,5,7-11,15,18H,4,6,12H2,1H3. The SMILES string of the molecule is CNC1CCCN(C(=O)c2ccncc2)c2ccccc21. The molecule has 4 heteroatoms. The van der Waals surface area contributed by atoms with Gasteiger partial charge in [-0.15, -0.1) is 0 Å². The van der Waals surface area contributed by atoms with Crippen LogP contribution in [0.3, 0.4) is 0 Å². The van der Waals surface area contributed by atoms with Gasteiger partial charge in [0.25, 0.3) is 5.91 Å². The van der Waals surface area contributed by atoms with Gasteiger partial charge in [-0.1, -0.05) is 18.2 Å². The van der Waals surface area contributed by atoms with Crippen LogP contribution in [-0.2, 0) is 0 Å². The number of amides is 1. The van der Waals surface area contributed by atoms with Gasteiger partial charge in [-0.3, -0.25) is 9.78 Å². The first kappa shape index (κ1) is 13.8. The van der Waals surface area contributed by atoms with E-state index in [1.807, 2.05) is 30.1 Å². The normalized spacial score (nSPS) is 18.0. The van der Waals surface area contributed by atoms with Crippen LogP contribution in [0, 0.1) is 0 Å². The van der Waals surface area contributed by atoms with Crippen LogP contribution in [0.5, 0.6) is 0 Å². The molecule has 0 spiro atoms. The van der Waals surface area contributed by atoms with Gasteiger partial charge in [-0.2, -0.15) is 0 Å². The van der Waals surface area contributed by atoms with E-state index in [0.29, 0.717) is 11.6 Å². The van der Waals surface area contributed by atoms with E-state index in [1.165, 1.54) is 5.56 Å². The number of carbonyl (C=O) groups excluding carboxylic acids is 1. The average molecular weight is 281 g/mol. The fourth-order valence-electron chi connectivity index (χ4n) is 2.92. The largest absolute Gasteiger partial charge is 0.313 e. The van der Waals surface area contributed by atoms with Crippen LogP contribution in [0.1, 0.15) is 34.8 Å². The Balaban J connectivity index is 2.01. The number of fused-ring (bicyclic) bond motifs is 1. The van der Waals surface area contributed by atoms with Crippen LogP contribution < -0.4 is 10.2 Å². The van der Waals surface area contributed by atoms with Crippen LogP contribution in [0.15, 0.2) is 48.8 Å². The molecule has 1 aromatic carbocycles. The summed E-state index contributed by atoms with van der Waals surface area (Å²) in [6, 6.07) is 12.0. The van der Waals surface area contributed by atoms with Gasteiger partial charge in [0, 0.05) is 36.2 Å². The molecule has 1 N–H and O–H groups in total. The van der Waals surface area contributed by atoms with E-state index in [-0.39, 0.29) is 5.91 Å². The zero-order chi connectivity index (χ0) is 14.7. The molecule has 0 bridgehead atoms. The third-order valence-electron chi connectivity index (χ3n) is 4.00. The number of pyridine rings is 1. The second-order valence-electron chi connectivity index (χ2n) is 5.23. The number of anilines is 1. The van der Waals surface area contributed by atoms with Crippen LogP contribution in [-0.4, -0.2) is 24.5 Å². The summed E-state index contributed by atoms with van der Waals surface area (Å²) >= 11 is 0. The number of rotatable bonds is 2. The van der Waals surface area contributed by atoms with Crippen LogP contribution in [0.25, 0.3) is 0 Å². The number of hydrogen-bond acceptors (Lipinski definition) is 3. The molecule has 3 rings (SSSR count). The molecule has 1 aromatic heterocycles. The van der Waals surface area contributed by atoms with Crippen molar-refractivity contribution in [3.8, 4) is 0 Å². The van der Waals surface area contributed by atoms with Crippen molar-refractivity contribution < 1.29 is 4.79 Å². The Morgan fingerprint density at radius 2 is 2.00 bits per heavy atom. The molecule has 2 heterocycles. The van der Waals surface area contributed by atoms with Crippen molar-refractivity contribution >= 4 is 11.6 Å². The summed E-state index contributed by atoms with van der Waals surface area (Å²) in [5, 5.41) is 3.35. The lowest BCUT2D eigenvalue weighted by molar-refractivity contribution is 0.0987. The molecular weight excluding hydrogens is 262 g/mol. The molecule has 0 aliphatic carbocycles. The minimum absolute atomic E-state index is 0.0432. The number of aromatic nitrogens is 1. The Hall–Kier alpha value is -2.20. The summed E-state index contributed by atoms with van der Waals surface area (Å²) < 4.78 is 0. The minimum Gasteiger partial charge on any atom is -0.313 e. The van der Waals surface area contributed by atoms with E-state index in [2.05, 4.69) is 16.4 Å². The fourth-order valence-corrected chi connectivity index (χ4v) is 2.92. The summed E-state index contributed by atoms with van der Waals surface area (Å²) in [6.07, 6.45) is 5.34. The van der Waals surface area contributed by atoms with Crippen LogP contribution >= 0.6 is 0 Å². The van der Waals surface area contributed by atoms with Gasteiger partial charge in [0.05, 0.1) is 0 Å². The van der Waals surface area contributed by atoms with Gasteiger partial charge in [0.2, 0.25) is 0 Å². The van der Waals surface area contributed by atoms with Crippen LogP contribution in [0.4, 0.5) is 5.69 Å². The number of carbonyl (C=O) groups is 1. The molecule has 1 atom stereocenters. The topological polar surface area (TPSA) is 45.2 Å². The Bertz CT molecular complexity index is 627. The van der Waals surface area contributed by atoms with Crippen molar-refractivity contribution in [1.82, 2.24) is 10.3 Å². The van der Waals surface area contributed by atoms with Crippen molar-refractivity contribution in [2.24, 2.45) is 0 Å². The maximum Gasteiger partial charge on any atom is 0.258 e. The molecule has 1 unspecified atom stereocenters. The van der Waals surface area contributed by atoms with Gasteiger partial charge in [0.1, 0.15) is 0 Å². The molecular formula is C17H19N3O. The number of benzene rings is 1. The predicted molar refractivity (Wildman–Crippen MR) is 83.4 cm³/mol. The highest BCUT2D eigenvalue weighted by Gasteiger charge is 2.25. The molecule has 4 nitrogen and oxygen atoms in total. The maximum absolute atomic E-state index is 12.8. The quantitative estimate of drug-likeness (QED) is 0.920. The summed E-state index contributed by atoms with van der Waals surface area (Å²) in [4.78, 5) is 18.7. The first-order valence-electron chi connectivity index (χ1n) is 7.29. The van der Waals surface area contributed by atoms with E-state index in [9.17, 15) is 4.79 Å². The minimum atomic E-state index is 0.0432. The van der Waals surface area contributed by atoms with Crippen molar-refractivity contribution in [2.75, 3.05) is 18.5 Å². The van der Waals surface area contributed by atoms with Gasteiger partial charge in [-0.25, -0.2) is 0 Å². The Morgan fingerprint density at radius 3 is 2.76 bits per heavy atom. The summed E-state index contributed by atoms with van der Waals surface area (Å²) in [6.45, 7) is 0.746. The van der Waals surface area contributed by atoms with E-state index >= 15 is 0 Å². The highest BCUT2D eigenvalue weighted by Crippen LogP contribution is 2.33. The predicted octanol–water partition coefficient (Wildman–Crippen LogP) is 2.78. The van der Waals surface area contributed by atoms with E-state index in [4.69, 9.17) is 0 Å². The number of nitrogens with zero attached hydrogens (tertiary/aromatic N) is 2. The third-order valence-corrected chi connectivity index (χ3v) is 4.00. The number of para-hydroxylation sites is 1. The molecule has 0 saturated heterocycles. The van der Waals surface area contributed by atoms with Gasteiger partial charge in [0.15, 0.2) is 0 Å². The Morgan fingerprint density at radius 1 is 1.24 bits per heavy atom. The maximum atomic E-state index is 12.8. The van der Waals surface area contributed by atoms with Crippen LogP contribution in [0.2, 0.25) is 0 Å². The summed E-state index contributed by atoms with van der Waals surface area (Å²) in [5.74, 6) is 0.0432. The lowest BCUT2D eigenvalue weighted by Crippen LogP contribution is -2.31. The Kier molecular flexibility index (Phi) is 3.97. The van der Waals surface area contributed by atoms with Gasteiger partial charge < -0.3 is 10.2 Å². The lowest BCUT2D eigenvalue weighted by atomic mass is 10.0. The molecule has 0 radical (unpaired) electrons. The third kappa shape index (κ3) is 2.67. The highest BCUT2D eigenvalue weighted by molar-refractivity contribution is 6.06. The molecule has 2 aromatic rings. The first-order chi connectivity index (χ1) is 10.3. The van der Waals surface area contributed by atoms with Crippen molar-refractivity contribution in [3.05, 3.63) is 59.9 Å². The smallest absolute Gasteiger partial charge is 0.258 e. The number of nitrogens with one attached hydrogen (secondary N) is 1. The zero-order valence-corrected chi connectivity index (χ0v) is 12.1. The van der Waals surface area contributed by atoms with Crippen molar-refractivity contribution in [1.29, 1.82) is 0 Å². The van der Waals surface area contributed by atoms with Gasteiger partial charge >= 0.3 is 0 Å². The Labute approximate surface area is 124 Å². The second kappa shape index (κ2) is 6.06. The molecule has 1 aliphatic rings. The molecule has 1 aliphatic heterocycles. The summed E-state index contributed by atoms with van der Waals surface area (Å²) in [7, 11) is 1.97. The molecule has 1 amide bonds. The molecule has 108 valence electrons. The van der Waals surface area contributed by atoms with E-state index in [0.717, 1.165) is 25.1 Å². The zero-order valence-electron chi connectivity index (χ0n) is 12.1. The van der Waals surface area contributed by atoms with Crippen molar-refractivity contribution in [3.63, 3.8) is 0 Å². The van der Waals surface area contributed by atoms with E-state index < -0.39 is 0 Å². The molecule has 0 fully saturated rings. The number of hydrogen-bond donors (Lipinski definition) is 1. The average Bonchev–Trinajstić information content (AvgIpc) is 2.74. The van der Waals surface area contributed by atoms with Crippen molar-refractivity contribution in [2.45, 2.75) is 18.9 Å². The van der Waals surface area contributed by atoms with E-state index in [1.54, 1.807) is 24.5 Å².